The molecule has 0 saturated heterocycles. The topological polar surface area (TPSA) is 9.86 Å². The van der Waals surface area contributed by atoms with Crippen molar-refractivity contribution < 1.29 is 0 Å². The van der Waals surface area contributed by atoms with Crippen LogP contribution >= 0.6 is 11.3 Å². The molecule has 3 aromatic heterocycles. The highest BCUT2D eigenvalue weighted by atomic mass is 32.1. The predicted octanol–water partition coefficient (Wildman–Crippen LogP) is 6.78. The van der Waals surface area contributed by atoms with E-state index in [2.05, 4.69) is 71.5 Å². The fourth-order valence-electron chi connectivity index (χ4n) is 4.23. The van der Waals surface area contributed by atoms with Gasteiger partial charge in [-0.2, -0.15) is 0 Å². The first-order chi connectivity index (χ1) is 12.3. The molecule has 0 aliphatic carbocycles. The van der Waals surface area contributed by atoms with Gasteiger partial charge in [0.2, 0.25) is 0 Å². The summed E-state index contributed by atoms with van der Waals surface area (Å²) in [5, 5.41) is 2.80. The lowest BCUT2D eigenvalue weighted by molar-refractivity contribution is 0.711. The van der Waals surface area contributed by atoms with Crippen molar-refractivity contribution in [2.45, 2.75) is 39.8 Å². The van der Waals surface area contributed by atoms with Crippen molar-refractivity contribution in [1.82, 2.24) is 9.13 Å². The van der Waals surface area contributed by atoms with E-state index in [1.807, 2.05) is 11.3 Å². The molecule has 2 aromatic carbocycles. The Bertz CT molecular complexity index is 1120. The molecule has 0 aliphatic heterocycles. The first kappa shape index (κ1) is 15.0. The molecule has 2 nitrogen and oxygen atoms in total. The highest BCUT2D eigenvalue weighted by molar-refractivity contribution is 7.27. The van der Waals surface area contributed by atoms with E-state index in [4.69, 9.17) is 0 Å². The predicted molar refractivity (Wildman–Crippen MR) is 111 cm³/mol. The van der Waals surface area contributed by atoms with Gasteiger partial charge in [0.25, 0.3) is 0 Å². The summed E-state index contributed by atoms with van der Waals surface area (Å²) in [4.78, 5) is 0. The van der Waals surface area contributed by atoms with Gasteiger partial charge in [0, 0.05) is 34.9 Å². The lowest BCUT2D eigenvalue weighted by Crippen LogP contribution is -2.00. The van der Waals surface area contributed by atoms with Crippen LogP contribution in [0.1, 0.15) is 26.7 Å². The molecule has 0 N–H and O–H groups in total. The van der Waals surface area contributed by atoms with Gasteiger partial charge in [0.05, 0.1) is 20.4 Å². The van der Waals surface area contributed by atoms with Gasteiger partial charge in [-0.15, -0.1) is 11.3 Å². The molecular formula is C22H22N2S. The van der Waals surface area contributed by atoms with E-state index in [0.29, 0.717) is 0 Å². The average Bonchev–Trinajstić information content (AvgIpc) is 3.25. The van der Waals surface area contributed by atoms with E-state index in [0.717, 1.165) is 25.9 Å². The highest BCUT2D eigenvalue weighted by Gasteiger charge is 2.21. The number of nitrogens with zero attached hydrogens (tertiary/aromatic N) is 2. The van der Waals surface area contributed by atoms with Gasteiger partial charge in [-0.25, -0.2) is 0 Å². The van der Waals surface area contributed by atoms with E-state index >= 15 is 0 Å². The third-order valence-corrected chi connectivity index (χ3v) is 6.41. The Hall–Kier alpha value is -2.26. The molecule has 0 radical (unpaired) electrons. The van der Waals surface area contributed by atoms with Gasteiger partial charge in [-0.05, 0) is 25.0 Å². The second kappa shape index (κ2) is 5.63. The maximum Gasteiger partial charge on any atom is 0.0849 e. The summed E-state index contributed by atoms with van der Waals surface area (Å²) in [5.74, 6) is 0. The number of fused-ring (bicyclic) bond motifs is 7. The molecule has 3 heterocycles. The fourth-order valence-corrected chi connectivity index (χ4v) is 5.61. The molecule has 0 spiro atoms. The fraction of sp³-hybridized carbons (Fsp3) is 0.273. The summed E-state index contributed by atoms with van der Waals surface area (Å²) in [6, 6.07) is 17.8. The molecule has 0 amide bonds. The van der Waals surface area contributed by atoms with Crippen LogP contribution in [0, 0.1) is 0 Å². The molecule has 0 aliphatic rings. The average molecular weight is 346 g/mol. The molecule has 5 rings (SSSR count). The van der Waals surface area contributed by atoms with Crippen molar-refractivity contribution in [3.05, 3.63) is 48.5 Å². The van der Waals surface area contributed by atoms with Crippen molar-refractivity contribution in [1.29, 1.82) is 0 Å². The molecule has 0 bridgehead atoms. The molecule has 126 valence electrons. The lowest BCUT2D eigenvalue weighted by Gasteiger charge is -2.08. The molecule has 0 atom stereocenters. The maximum atomic E-state index is 2.55. The molecule has 25 heavy (non-hydrogen) atoms. The number of para-hydroxylation sites is 2. The normalized spacial score (nSPS) is 12.2. The molecule has 0 fully saturated rings. The van der Waals surface area contributed by atoms with Crippen LogP contribution in [0.3, 0.4) is 0 Å². The van der Waals surface area contributed by atoms with E-state index in [1.165, 1.54) is 42.2 Å². The zero-order valence-electron chi connectivity index (χ0n) is 14.7. The van der Waals surface area contributed by atoms with Gasteiger partial charge in [0.1, 0.15) is 0 Å². The minimum Gasteiger partial charge on any atom is -0.338 e. The van der Waals surface area contributed by atoms with Gasteiger partial charge < -0.3 is 9.13 Å². The van der Waals surface area contributed by atoms with Crippen molar-refractivity contribution in [3.63, 3.8) is 0 Å². The van der Waals surface area contributed by atoms with Gasteiger partial charge in [-0.1, -0.05) is 50.2 Å². The summed E-state index contributed by atoms with van der Waals surface area (Å²) in [6.07, 6.45) is 2.30. The molecule has 0 unspecified atom stereocenters. The van der Waals surface area contributed by atoms with Crippen LogP contribution in [0.2, 0.25) is 0 Å². The van der Waals surface area contributed by atoms with Gasteiger partial charge in [-0.3, -0.25) is 0 Å². The van der Waals surface area contributed by atoms with Crippen LogP contribution in [0.15, 0.2) is 48.5 Å². The van der Waals surface area contributed by atoms with Crippen molar-refractivity contribution >= 4 is 53.6 Å². The highest BCUT2D eigenvalue weighted by Crippen LogP contribution is 2.45. The Kier molecular flexibility index (Phi) is 3.39. The monoisotopic (exact) mass is 346 g/mol. The van der Waals surface area contributed by atoms with Gasteiger partial charge >= 0.3 is 0 Å². The van der Waals surface area contributed by atoms with E-state index < -0.39 is 0 Å². The quantitative estimate of drug-likeness (QED) is 0.339. The second-order valence-corrected chi connectivity index (χ2v) is 7.82. The third-order valence-electron chi connectivity index (χ3n) is 5.17. The Morgan fingerprint density at radius 3 is 1.56 bits per heavy atom. The number of benzene rings is 2. The maximum absolute atomic E-state index is 2.55. The Morgan fingerprint density at radius 1 is 0.680 bits per heavy atom. The second-order valence-electron chi connectivity index (χ2n) is 6.80. The van der Waals surface area contributed by atoms with Crippen LogP contribution in [0.25, 0.3) is 42.2 Å². The molecule has 5 aromatic rings. The third kappa shape index (κ3) is 1.96. The minimum absolute atomic E-state index is 1.07. The largest absolute Gasteiger partial charge is 0.338 e. The smallest absolute Gasteiger partial charge is 0.0849 e. The SMILES string of the molecule is CCCn1c2ccccc2c2sc3c4ccccc4n(CCC)c3c21. The standard InChI is InChI=1S/C22H22N2S/c1-3-13-23-17-11-7-5-9-15(17)21-19(23)20-22(25-21)16-10-6-8-12-18(16)24(20)14-4-2/h5-12H,3-4,13-14H2,1-2H3. The van der Waals surface area contributed by atoms with Crippen LogP contribution in [0.4, 0.5) is 0 Å². The van der Waals surface area contributed by atoms with E-state index in [-0.39, 0.29) is 0 Å². The minimum atomic E-state index is 1.07. The molecule has 0 saturated carbocycles. The van der Waals surface area contributed by atoms with E-state index in [1.54, 1.807) is 0 Å². The van der Waals surface area contributed by atoms with Crippen LogP contribution in [-0.4, -0.2) is 9.13 Å². The lowest BCUT2D eigenvalue weighted by atomic mass is 10.2. The summed E-state index contributed by atoms with van der Waals surface area (Å²) < 4.78 is 8.00. The van der Waals surface area contributed by atoms with Crippen molar-refractivity contribution in [3.8, 4) is 0 Å². The number of aromatic nitrogens is 2. The van der Waals surface area contributed by atoms with Crippen molar-refractivity contribution in [2.24, 2.45) is 0 Å². The van der Waals surface area contributed by atoms with Crippen LogP contribution in [0.5, 0.6) is 0 Å². The molecular weight excluding hydrogens is 324 g/mol. The summed E-state index contributed by atoms with van der Waals surface area (Å²) in [5.41, 5.74) is 5.63. The number of aryl methyl sites for hydroxylation is 2. The van der Waals surface area contributed by atoms with Gasteiger partial charge in [0.15, 0.2) is 0 Å². The summed E-state index contributed by atoms with van der Waals surface area (Å²) >= 11 is 1.97. The number of thiophene rings is 1. The number of hydrogen-bond donors (Lipinski definition) is 0. The Morgan fingerprint density at radius 2 is 1.12 bits per heavy atom. The van der Waals surface area contributed by atoms with Crippen LogP contribution < -0.4 is 0 Å². The number of rotatable bonds is 4. The molecule has 3 heteroatoms. The zero-order valence-corrected chi connectivity index (χ0v) is 15.6. The first-order valence-electron chi connectivity index (χ1n) is 9.25. The summed E-state index contributed by atoms with van der Waals surface area (Å²) in [6.45, 7) is 6.69. The van der Waals surface area contributed by atoms with Crippen LogP contribution in [-0.2, 0) is 13.1 Å². The number of hydrogen-bond acceptors (Lipinski definition) is 1. The van der Waals surface area contributed by atoms with E-state index in [9.17, 15) is 0 Å². The zero-order chi connectivity index (χ0) is 17.0. The first-order valence-corrected chi connectivity index (χ1v) is 10.1. The Balaban J connectivity index is 2.05. The summed E-state index contributed by atoms with van der Waals surface area (Å²) in [7, 11) is 0. The Labute approximate surface area is 151 Å². The van der Waals surface area contributed by atoms with Crippen molar-refractivity contribution in [2.75, 3.05) is 0 Å².